The molecular formula is C14H19BrN4. The Hall–Kier alpha value is -1.36. The van der Waals surface area contributed by atoms with E-state index in [2.05, 4.69) is 68.1 Å². The molecular weight excluding hydrogens is 304 g/mol. The van der Waals surface area contributed by atoms with Crippen LogP contribution in [0.1, 0.15) is 30.6 Å². The van der Waals surface area contributed by atoms with Gasteiger partial charge in [-0.05, 0) is 53.9 Å². The number of benzene rings is 1. The Balaban J connectivity index is 2.12. The van der Waals surface area contributed by atoms with E-state index in [4.69, 9.17) is 0 Å². The van der Waals surface area contributed by atoms with Gasteiger partial charge in [-0.3, -0.25) is 0 Å². The van der Waals surface area contributed by atoms with Crippen molar-refractivity contribution in [3.05, 3.63) is 39.9 Å². The molecule has 1 aromatic carbocycles. The Morgan fingerprint density at radius 2 is 2.05 bits per heavy atom. The molecule has 2 rings (SSSR count). The predicted molar refractivity (Wildman–Crippen MR) is 81.3 cm³/mol. The van der Waals surface area contributed by atoms with Gasteiger partial charge in [0, 0.05) is 16.7 Å². The lowest BCUT2D eigenvalue weighted by Crippen LogP contribution is -2.10. The molecule has 5 heteroatoms. The van der Waals surface area contributed by atoms with E-state index in [0.29, 0.717) is 6.54 Å². The van der Waals surface area contributed by atoms with E-state index in [-0.39, 0.29) is 0 Å². The first-order chi connectivity index (χ1) is 9.11. The van der Waals surface area contributed by atoms with Gasteiger partial charge in [0.15, 0.2) is 5.82 Å². The molecule has 102 valence electrons. The first-order valence-corrected chi connectivity index (χ1v) is 7.29. The first kappa shape index (κ1) is 14.1. The van der Waals surface area contributed by atoms with Crippen LogP contribution in [0.2, 0.25) is 0 Å². The smallest absolute Gasteiger partial charge is 0.152 e. The summed E-state index contributed by atoms with van der Waals surface area (Å²) in [6.45, 7) is 7.89. The van der Waals surface area contributed by atoms with Gasteiger partial charge in [0.1, 0.15) is 5.82 Å². The van der Waals surface area contributed by atoms with Gasteiger partial charge in [0.2, 0.25) is 0 Å². The van der Waals surface area contributed by atoms with E-state index in [9.17, 15) is 0 Å². The molecule has 0 fully saturated rings. The minimum atomic E-state index is 0.683. The van der Waals surface area contributed by atoms with Crippen molar-refractivity contribution >= 4 is 21.6 Å². The number of nitrogens with zero attached hydrogens (tertiary/aromatic N) is 3. The van der Waals surface area contributed by atoms with Crippen LogP contribution in [0.5, 0.6) is 0 Å². The maximum absolute atomic E-state index is 4.24. The Labute approximate surface area is 122 Å². The molecule has 0 aliphatic carbocycles. The van der Waals surface area contributed by atoms with Crippen molar-refractivity contribution < 1.29 is 0 Å². The zero-order valence-electron chi connectivity index (χ0n) is 11.6. The molecule has 0 saturated heterocycles. The fourth-order valence-corrected chi connectivity index (χ4v) is 2.41. The van der Waals surface area contributed by atoms with Crippen LogP contribution < -0.4 is 5.32 Å². The molecule has 1 aromatic heterocycles. The number of aromatic nitrogens is 3. The van der Waals surface area contributed by atoms with Crippen LogP contribution in [0.15, 0.2) is 22.7 Å². The van der Waals surface area contributed by atoms with Gasteiger partial charge in [-0.15, -0.1) is 10.2 Å². The molecule has 0 radical (unpaired) electrons. The molecule has 0 aliphatic heterocycles. The number of nitrogens with one attached hydrogen (secondary N) is 1. The summed E-state index contributed by atoms with van der Waals surface area (Å²) in [5.74, 6) is 1.95. The Kier molecular flexibility index (Phi) is 4.58. The molecule has 0 atom stereocenters. The molecule has 0 spiro atoms. The van der Waals surface area contributed by atoms with Gasteiger partial charge in [-0.1, -0.05) is 13.0 Å². The van der Waals surface area contributed by atoms with Gasteiger partial charge in [0.05, 0.1) is 6.54 Å². The quantitative estimate of drug-likeness (QED) is 0.913. The second-order valence-corrected chi connectivity index (χ2v) is 5.51. The van der Waals surface area contributed by atoms with Crippen molar-refractivity contribution in [1.29, 1.82) is 0 Å². The van der Waals surface area contributed by atoms with Gasteiger partial charge in [0.25, 0.3) is 0 Å². The van der Waals surface area contributed by atoms with Crippen LogP contribution >= 0.6 is 15.9 Å². The topological polar surface area (TPSA) is 42.7 Å². The van der Waals surface area contributed by atoms with Crippen LogP contribution in [-0.2, 0) is 13.1 Å². The van der Waals surface area contributed by atoms with Crippen molar-refractivity contribution in [2.24, 2.45) is 0 Å². The highest BCUT2D eigenvalue weighted by Crippen LogP contribution is 2.23. The second-order valence-electron chi connectivity index (χ2n) is 4.65. The fraction of sp³-hybridized carbons (Fsp3) is 0.429. The summed E-state index contributed by atoms with van der Waals surface area (Å²) < 4.78 is 3.23. The van der Waals surface area contributed by atoms with E-state index in [1.165, 1.54) is 5.56 Å². The van der Waals surface area contributed by atoms with Crippen molar-refractivity contribution in [3.8, 4) is 0 Å². The van der Waals surface area contributed by atoms with Gasteiger partial charge in [-0.2, -0.15) is 0 Å². The molecule has 19 heavy (non-hydrogen) atoms. The maximum Gasteiger partial charge on any atom is 0.152 e. The lowest BCUT2D eigenvalue weighted by molar-refractivity contribution is 0.628. The van der Waals surface area contributed by atoms with Crippen LogP contribution in [0.3, 0.4) is 0 Å². The van der Waals surface area contributed by atoms with E-state index in [1.54, 1.807) is 0 Å². The largest absolute Gasteiger partial charge is 0.377 e. The highest BCUT2D eigenvalue weighted by Gasteiger charge is 2.08. The highest BCUT2D eigenvalue weighted by molar-refractivity contribution is 9.10. The van der Waals surface area contributed by atoms with Gasteiger partial charge < -0.3 is 9.88 Å². The monoisotopic (exact) mass is 322 g/mol. The molecule has 0 unspecified atom stereocenters. The zero-order valence-corrected chi connectivity index (χ0v) is 13.2. The summed E-state index contributed by atoms with van der Waals surface area (Å²) in [6, 6.07) is 6.26. The maximum atomic E-state index is 4.24. The van der Waals surface area contributed by atoms with Gasteiger partial charge >= 0.3 is 0 Å². The van der Waals surface area contributed by atoms with E-state index < -0.39 is 0 Å². The SMILES string of the molecule is CCCn1c(C)nnc1CNc1cc(C)ccc1Br. The summed E-state index contributed by atoms with van der Waals surface area (Å²) in [5, 5.41) is 11.8. The van der Waals surface area contributed by atoms with Crippen LogP contribution in [0.25, 0.3) is 0 Å². The number of halogens is 1. The summed E-state index contributed by atoms with van der Waals surface area (Å²) in [7, 11) is 0. The van der Waals surface area contributed by atoms with E-state index in [0.717, 1.165) is 34.8 Å². The lowest BCUT2D eigenvalue weighted by Gasteiger charge is -2.11. The first-order valence-electron chi connectivity index (χ1n) is 6.50. The minimum Gasteiger partial charge on any atom is -0.377 e. The van der Waals surface area contributed by atoms with E-state index in [1.807, 2.05) is 6.92 Å². The lowest BCUT2D eigenvalue weighted by atomic mass is 10.2. The van der Waals surface area contributed by atoms with Crippen molar-refractivity contribution in [1.82, 2.24) is 14.8 Å². The summed E-state index contributed by atoms with van der Waals surface area (Å²) in [5.41, 5.74) is 2.32. The Morgan fingerprint density at radius 1 is 1.26 bits per heavy atom. The fourth-order valence-electron chi connectivity index (χ4n) is 2.02. The normalized spacial score (nSPS) is 10.7. The number of anilines is 1. The molecule has 1 N–H and O–H groups in total. The molecule has 0 bridgehead atoms. The summed E-state index contributed by atoms with van der Waals surface area (Å²) in [6.07, 6.45) is 1.08. The third-order valence-electron chi connectivity index (χ3n) is 3.02. The predicted octanol–water partition coefficient (Wildman–Crippen LogP) is 3.68. The Morgan fingerprint density at radius 3 is 2.79 bits per heavy atom. The van der Waals surface area contributed by atoms with Gasteiger partial charge in [-0.25, -0.2) is 0 Å². The zero-order chi connectivity index (χ0) is 13.8. The summed E-state index contributed by atoms with van der Waals surface area (Å²) >= 11 is 3.55. The summed E-state index contributed by atoms with van der Waals surface area (Å²) in [4.78, 5) is 0. The Bertz CT molecular complexity index is 563. The minimum absolute atomic E-state index is 0.683. The third-order valence-corrected chi connectivity index (χ3v) is 3.71. The van der Waals surface area contributed by atoms with Crippen LogP contribution in [-0.4, -0.2) is 14.8 Å². The van der Waals surface area contributed by atoms with Crippen LogP contribution in [0.4, 0.5) is 5.69 Å². The molecule has 0 saturated carbocycles. The second kappa shape index (κ2) is 6.19. The average Bonchev–Trinajstić information content (AvgIpc) is 2.73. The van der Waals surface area contributed by atoms with Crippen molar-refractivity contribution in [2.75, 3.05) is 5.32 Å². The van der Waals surface area contributed by atoms with E-state index >= 15 is 0 Å². The highest BCUT2D eigenvalue weighted by atomic mass is 79.9. The molecule has 2 aromatic rings. The third kappa shape index (κ3) is 3.35. The molecule has 4 nitrogen and oxygen atoms in total. The average molecular weight is 323 g/mol. The van der Waals surface area contributed by atoms with Crippen molar-refractivity contribution in [2.45, 2.75) is 40.3 Å². The number of rotatable bonds is 5. The molecule has 1 heterocycles. The number of hydrogen-bond donors (Lipinski definition) is 1. The standard InChI is InChI=1S/C14H19BrN4/c1-4-7-19-11(3)17-18-14(19)9-16-13-8-10(2)5-6-12(13)15/h5-6,8,16H,4,7,9H2,1-3H3. The number of hydrogen-bond acceptors (Lipinski definition) is 3. The molecule has 0 aliphatic rings. The number of aryl methyl sites for hydroxylation is 2. The van der Waals surface area contributed by atoms with Crippen LogP contribution in [0, 0.1) is 13.8 Å². The van der Waals surface area contributed by atoms with Crippen molar-refractivity contribution in [3.63, 3.8) is 0 Å². The molecule has 0 amide bonds.